The number of imidazole rings is 1. The summed E-state index contributed by atoms with van der Waals surface area (Å²) in [5.74, 6) is -3.75. The maximum absolute atomic E-state index is 14.8. The largest absolute Gasteiger partial charge is 0.478 e. The lowest BCUT2D eigenvalue weighted by atomic mass is 9.93. The zero-order valence-electron chi connectivity index (χ0n) is 22.8. The van der Waals surface area contributed by atoms with Crippen LogP contribution in [0, 0.1) is 28.8 Å². The zero-order chi connectivity index (χ0) is 29.8. The molecule has 0 unspecified atom stereocenters. The van der Waals surface area contributed by atoms with Crippen LogP contribution in [0.15, 0.2) is 42.5 Å². The summed E-state index contributed by atoms with van der Waals surface area (Å²) in [4.78, 5) is 22.6. The molecule has 42 heavy (non-hydrogen) atoms. The average Bonchev–Trinajstić information content (AvgIpc) is 3.34. The molecule has 0 spiro atoms. The number of fused-ring (bicyclic) bond motifs is 1. The van der Waals surface area contributed by atoms with E-state index in [1.165, 1.54) is 25.3 Å². The second-order valence-electron chi connectivity index (χ2n) is 10.1. The van der Waals surface area contributed by atoms with Gasteiger partial charge in [-0.1, -0.05) is 12.1 Å². The molecule has 0 radical (unpaired) electrons. The summed E-state index contributed by atoms with van der Waals surface area (Å²) in [6, 6.07) is 12.7. The normalized spacial score (nSPS) is 14.3. The van der Waals surface area contributed by atoms with Crippen molar-refractivity contribution in [1.29, 1.82) is 5.26 Å². The number of hydrogen-bond donors (Lipinski definition) is 1. The van der Waals surface area contributed by atoms with Crippen molar-refractivity contribution in [2.75, 3.05) is 26.8 Å². The van der Waals surface area contributed by atoms with Gasteiger partial charge in [0.05, 0.1) is 30.3 Å². The molecular weight excluding hydrogens is 551 g/mol. The Kier molecular flexibility index (Phi) is 8.70. The molecule has 1 N–H and O–H groups in total. The smallest absolute Gasteiger partial charge is 0.338 e. The van der Waals surface area contributed by atoms with E-state index >= 15 is 0 Å². The zero-order valence-corrected chi connectivity index (χ0v) is 22.8. The van der Waals surface area contributed by atoms with Gasteiger partial charge in [0.1, 0.15) is 29.3 Å². The number of carboxylic acid groups (broad SMARTS) is 1. The Balaban J connectivity index is 1.26. The number of piperidine rings is 1. The summed E-state index contributed by atoms with van der Waals surface area (Å²) in [5.41, 5.74) is 0.678. The predicted molar refractivity (Wildman–Crippen MR) is 145 cm³/mol. The van der Waals surface area contributed by atoms with Crippen LogP contribution in [0.25, 0.3) is 11.0 Å². The number of likely N-dealkylation sites (tertiary alicyclic amines) is 1. The van der Waals surface area contributed by atoms with Crippen molar-refractivity contribution in [2.45, 2.75) is 38.5 Å². The third kappa shape index (κ3) is 6.07. The number of halogens is 3. The highest BCUT2D eigenvalue weighted by Crippen LogP contribution is 2.30. The van der Waals surface area contributed by atoms with Gasteiger partial charge in [-0.3, -0.25) is 4.90 Å². The molecule has 0 bridgehead atoms. The molecule has 0 aliphatic carbocycles. The molecule has 0 atom stereocenters. The van der Waals surface area contributed by atoms with Gasteiger partial charge in [-0.2, -0.15) is 5.26 Å². The number of benzene rings is 2. The number of nitriles is 1. The van der Waals surface area contributed by atoms with Gasteiger partial charge in [0.15, 0.2) is 11.6 Å². The summed E-state index contributed by atoms with van der Waals surface area (Å²) in [5, 5.41) is 18.2. The Morgan fingerprint density at radius 2 is 1.90 bits per heavy atom. The number of hydrogen-bond acceptors (Lipinski definition) is 7. The first kappa shape index (κ1) is 29.0. The fourth-order valence-corrected chi connectivity index (χ4v) is 5.16. The maximum Gasteiger partial charge on any atom is 0.338 e. The monoisotopic (exact) mass is 579 g/mol. The molecule has 0 amide bonds. The maximum atomic E-state index is 14.8. The Morgan fingerprint density at radius 3 is 2.60 bits per heavy atom. The molecule has 1 fully saturated rings. The Morgan fingerprint density at radius 1 is 1.12 bits per heavy atom. The fraction of sp³-hybridized carbons (Fsp3) is 0.333. The van der Waals surface area contributed by atoms with Gasteiger partial charge >= 0.3 is 5.97 Å². The van der Waals surface area contributed by atoms with Crippen LogP contribution in [0.1, 0.15) is 51.8 Å². The highest BCUT2D eigenvalue weighted by Gasteiger charge is 2.26. The van der Waals surface area contributed by atoms with Crippen LogP contribution in [0.5, 0.6) is 5.88 Å². The van der Waals surface area contributed by atoms with E-state index in [4.69, 9.17) is 14.7 Å². The molecule has 5 rings (SSSR count). The summed E-state index contributed by atoms with van der Waals surface area (Å²) < 4.78 is 55.9. The number of rotatable bonds is 10. The van der Waals surface area contributed by atoms with Crippen LogP contribution < -0.4 is 4.74 Å². The van der Waals surface area contributed by atoms with Gasteiger partial charge in [-0.05, 0) is 50.2 Å². The Hall–Kier alpha value is -4.47. The number of methoxy groups -OCH3 is 1. The van der Waals surface area contributed by atoms with Crippen LogP contribution >= 0.6 is 0 Å². The van der Waals surface area contributed by atoms with E-state index < -0.39 is 29.0 Å². The van der Waals surface area contributed by atoms with Gasteiger partial charge < -0.3 is 19.1 Å². The Bertz CT molecular complexity index is 1660. The summed E-state index contributed by atoms with van der Waals surface area (Å²) in [6.07, 6.45) is 1.57. The van der Waals surface area contributed by atoms with Gasteiger partial charge in [0.2, 0.25) is 5.88 Å². The highest BCUT2D eigenvalue weighted by molar-refractivity contribution is 5.93. The molecule has 2 aromatic heterocycles. The number of carboxylic acids is 1. The van der Waals surface area contributed by atoms with Crippen molar-refractivity contribution >= 4 is 17.0 Å². The molecule has 4 aromatic rings. The van der Waals surface area contributed by atoms with E-state index in [0.29, 0.717) is 43.4 Å². The predicted octanol–water partition coefficient (Wildman–Crippen LogP) is 5.02. The van der Waals surface area contributed by atoms with E-state index in [-0.39, 0.29) is 35.7 Å². The number of aromatic nitrogens is 3. The molecule has 1 aliphatic rings. The minimum absolute atomic E-state index is 0.0189. The quantitative estimate of drug-likeness (QED) is 0.279. The number of ether oxygens (including phenoxy) is 2. The van der Waals surface area contributed by atoms with E-state index in [1.807, 2.05) is 18.2 Å². The van der Waals surface area contributed by atoms with Gasteiger partial charge in [-0.25, -0.2) is 27.9 Å². The molecule has 12 heteroatoms. The lowest BCUT2D eigenvalue weighted by Gasteiger charge is -2.31. The SMILES string of the molecule is COCCn1c(CN2CCC(c3cccc(OCc4ccc(C#N)cc4F)n3)CC2)nc2c(F)c(F)c(C(=O)O)cc21. The van der Waals surface area contributed by atoms with Crippen molar-refractivity contribution in [3.05, 3.63) is 88.1 Å². The molecule has 9 nitrogen and oxygen atoms in total. The summed E-state index contributed by atoms with van der Waals surface area (Å²) >= 11 is 0. The van der Waals surface area contributed by atoms with Crippen molar-refractivity contribution in [3.8, 4) is 11.9 Å². The van der Waals surface area contributed by atoms with Gasteiger partial charge in [0.25, 0.3) is 0 Å². The van der Waals surface area contributed by atoms with E-state index in [2.05, 4.69) is 14.9 Å². The molecular formula is C30H28F3N5O4. The summed E-state index contributed by atoms with van der Waals surface area (Å²) in [7, 11) is 1.52. The first-order valence-electron chi connectivity index (χ1n) is 13.4. The van der Waals surface area contributed by atoms with Crippen LogP contribution in [0.4, 0.5) is 13.2 Å². The minimum Gasteiger partial charge on any atom is -0.478 e. The lowest BCUT2D eigenvalue weighted by molar-refractivity contribution is 0.0691. The standard InChI is InChI=1S/C30H28F3N5O4/c1-41-12-11-38-24-14-21(30(39)40)27(32)28(33)29(24)36-25(38)16-37-9-7-19(8-10-37)23-3-2-4-26(35-23)42-17-20-6-5-18(15-34)13-22(20)31/h2-6,13-14,19H,7-12,16-17H2,1H3,(H,39,40). The van der Waals surface area contributed by atoms with E-state index in [0.717, 1.165) is 24.6 Å². The Labute approximate surface area is 239 Å². The number of pyridine rings is 1. The average molecular weight is 580 g/mol. The van der Waals surface area contributed by atoms with Crippen molar-refractivity contribution in [2.24, 2.45) is 0 Å². The first-order valence-corrected chi connectivity index (χ1v) is 13.4. The van der Waals surface area contributed by atoms with Crippen molar-refractivity contribution in [1.82, 2.24) is 19.4 Å². The van der Waals surface area contributed by atoms with Crippen LogP contribution in [-0.2, 0) is 24.4 Å². The third-order valence-electron chi connectivity index (χ3n) is 7.43. The van der Waals surface area contributed by atoms with Crippen LogP contribution in [0.3, 0.4) is 0 Å². The number of nitrogens with zero attached hydrogens (tertiary/aromatic N) is 5. The van der Waals surface area contributed by atoms with E-state index in [1.54, 1.807) is 10.6 Å². The van der Waals surface area contributed by atoms with Crippen molar-refractivity contribution in [3.63, 3.8) is 0 Å². The topological polar surface area (TPSA) is 114 Å². The lowest BCUT2D eigenvalue weighted by Crippen LogP contribution is -2.33. The molecule has 1 aliphatic heterocycles. The van der Waals surface area contributed by atoms with Crippen molar-refractivity contribution < 1.29 is 32.5 Å². The third-order valence-corrected chi connectivity index (χ3v) is 7.43. The van der Waals surface area contributed by atoms with Gasteiger partial charge in [-0.15, -0.1) is 0 Å². The minimum atomic E-state index is -1.55. The molecule has 218 valence electrons. The van der Waals surface area contributed by atoms with Crippen LogP contribution in [-0.4, -0.2) is 57.3 Å². The number of carbonyl (C=O) groups is 1. The summed E-state index contributed by atoms with van der Waals surface area (Å²) in [6.45, 7) is 2.31. The highest BCUT2D eigenvalue weighted by atomic mass is 19.2. The second-order valence-corrected chi connectivity index (χ2v) is 10.1. The second kappa shape index (κ2) is 12.6. The number of aromatic carboxylic acids is 1. The van der Waals surface area contributed by atoms with Gasteiger partial charge in [0, 0.05) is 36.9 Å². The molecule has 1 saturated heterocycles. The fourth-order valence-electron chi connectivity index (χ4n) is 5.16. The first-order chi connectivity index (χ1) is 20.3. The molecule has 0 saturated carbocycles. The molecule has 2 aromatic carbocycles. The van der Waals surface area contributed by atoms with Crippen LogP contribution in [0.2, 0.25) is 0 Å². The molecule has 3 heterocycles. The van der Waals surface area contributed by atoms with E-state index in [9.17, 15) is 23.1 Å².